The quantitative estimate of drug-likeness (QED) is 0.167. The van der Waals surface area contributed by atoms with Crippen LogP contribution in [0.4, 0.5) is 0 Å². The first-order valence-electron chi connectivity index (χ1n) is 21.1. The van der Waals surface area contributed by atoms with Crippen molar-refractivity contribution in [3.63, 3.8) is 0 Å². The molecule has 0 unspecified atom stereocenters. The summed E-state index contributed by atoms with van der Waals surface area (Å²) in [4.78, 5) is 21.1. The van der Waals surface area contributed by atoms with E-state index in [-0.39, 0.29) is 0 Å². The van der Waals surface area contributed by atoms with Crippen molar-refractivity contribution in [1.29, 1.82) is 0 Å². The van der Waals surface area contributed by atoms with E-state index in [4.69, 9.17) is 24.4 Å². The first-order chi connectivity index (χ1) is 31.3. The van der Waals surface area contributed by atoms with E-state index < -0.39 is 0 Å². The minimum atomic E-state index is 0.526. The molecule has 0 saturated heterocycles. The highest BCUT2D eigenvalue weighted by Gasteiger charge is 2.25. The van der Waals surface area contributed by atoms with Crippen LogP contribution >= 0.6 is 0 Å². The third-order valence-corrected chi connectivity index (χ3v) is 12.2. The zero-order chi connectivity index (χ0) is 41.4. The highest BCUT2D eigenvalue weighted by molar-refractivity contribution is 6.24. The number of para-hydroxylation sites is 5. The van der Waals surface area contributed by atoms with Crippen LogP contribution in [0, 0.1) is 0 Å². The average Bonchev–Trinajstić information content (AvgIpc) is 4.05. The van der Waals surface area contributed by atoms with Gasteiger partial charge >= 0.3 is 0 Å². The van der Waals surface area contributed by atoms with Gasteiger partial charge < -0.3 is 8.98 Å². The second-order valence-electron chi connectivity index (χ2n) is 15.8. The van der Waals surface area contributed by atoms with Crippen molar-refractivity contribution in [3.8, 4) is 57.0 Å². The van der Waals surface area contributed by atoms with Gasteiger partial charge in [0.15, 0.2) is 17.2 Å². The fraction of sp³-hybridized carbons (Fsp3) is 0. The predicted octanol–water partition coefficient (Wildman–Crippen LogP) is 14.0. The summed E-state index contributed by atoms with van der Waals surface area (Å²) >= 11 is 0. The smallest absolute Gasteiger partial charge is 0.238 e. The molecular weight excluding hydrogens is 773 g/mol. The molecule has 0 bridgehead atoms. The highest BCUT2D eigenvalue weighted by Crippen LogP contribution is 2.44. The monoisotopic (exact) mass is 806 g/mol. The molecule has 7 nitrogen and oxygen atoms in total. The standard InChI is InChI=1S/C56H34N6O/c1-3-17-35(18-4-1)37-31-34-44(39-22-8-7-21-38(37)39)54-58-53(36-19-5-2-6-20-36)59-56(60-54)62-48-28-14-10-24-41(48)43-33-32-42-40-23-9-13-27-47(40)61(51(42)52(43)62)49-29-15-11-25-45(49)55-57-46-26-12-16-30-50(46)63-55/h1-34H. The van der Waals surface area contributed by atoms with E-state index in [1.165, 1.54) is 0 Å². The molecule has 0 atom stereocenters. The summed E-state index contributed by atoms with van der Waals surface area (Å²) in [6.45, 7) is 0. The van der Waals surface area contributed by atoms with Gasteiger partial charge in [-0.3, -0.25) is 4.57 Å². The van der Waals surface area contributed by atoms with Crippen molar-refractivity contribution in [1.82, 2.24) is 29.1 Å². The molecule has 13 aromatic rings. The van der Waals surface area contributed by atoms with E-state index in [0.717, 1.165) is 99.0 Å². The molecule has 63 heavy (non-hydrogen) atoms. The van der Waals surface area contributed by atoms with E-state index in [1.807, 2.05) is 48.5 Å². The predicted molar refractivity (Wildman–Crippen MR) is 255 cm³/mol. The first-order valence-corrected chi connectivity index (χ1v) is 21.1. The van der Waals surface area contributed by atoms with E-state index in [0.29, 0.717) is 23.5 Å². The van der Waals surface area contributed by atoms with Crippen LogP contribution in [0.3, 0.4) is 0 Å². The van der Waals surface area contributed by atoms with Crippen molar-refractivity contribution in [2.75, 3.05) is 0 Å². The fourth-order valence-electron chi connectivity index (χ4n) is 9.46. The van der Waals surface area contributed by atoms with Crippen LogP contribution < -0.4 is 0 Å². The van der Waals surface area contributed by atoms with E-state index in [1.54, 1.807) is 0 Å². The second-order valence-corrected chi connectivity index (χ2v) is 15.8. The Morgan fingerprint density at radius 3 is 1.60 bits per heavy atom. The molecule has 294 valence electrons. The fourth-order valence-corrected chi connectivity index (χ4v) is 9.46. The number of hydrogen-bond acceptors (Lipinski definition) is 5. The largest absolute Gasteiger partial charge is 0.436 e. The number of benzene rings is 9. The Labute approximate surface area is 360 Å². The van der Waals surface area contributed by atoms with Gasteiger partial charge in [-0.25, -0.2) is 9.97 Å². The molecule has 0 saturated carbocycles. The molecule has 4 aromatic heterocycles. The number of rotatable bonds is 6. The highest BCUT2D eigenvalue weighted by atomic mass is 16.3. The lowest BCUT2D eigenvalue weighted by Crippen LogP contribution is -2.07. The topological polar surface area (TPSA) is 74.6 Å². The maximum atomic E-state index is 6.46. The van der Waals surface area contributed by atoms with Crippen LogP contribution in [0.5, 0.6) is 0 Å². The normalized spacial score (nSPS) is 11.8. The molecule has 0 aliphatic rings. The molecule has 4 heterocycles. The maximum absolute atomic E-state index is 6.46. The zero-order valence-electron chi connectivity index (χ0n) is 33.7. The Morgan fingerprint density at radius 1 is 0.333 bits per heavy atom. The van der Waals surface area contributed by atoms with Gasteiger partial charge in [0.25, 0.3) is 0 Å². The number of aromatic nitrogens is 6. The summed E-state index contributed by atoms with van der Waals surface area (Å²) in [5, 5.41) is 6.61. The van der Waals surface area contributed by atoms with Crippen LogP contribution in [-0.4, -0.2) is 29.1 Å². The summed E-state index contributed by atoms with van der Waals surface area (Å²) in [5.74, 6) is 2.27. The van der Waals surface area contributed by atoms with Crippen molar-refractivity contribution in [2.24, 2.45) is 0 Å². The number of oxazole rings is 1. The Morgan fingerprint density at radius 2 is 0.873 bits per heavy atom. The molecule has 0 radical (unpaired) electrons. The van der Waals surface area contributed by atoms with Gasteiger partial charge in [0.05, 0.1) is 33.3 Å². The molecule has 7 heteroatoms. The molecule has 0 aliphatic heterocycles. The average molecular weight is 807 g/mol. The van der Waals surface area contributed by atoms with Crippen LogP contribution in [0.25, 0.3) is 122 Å². The number of hydrogen-bond donors (Lipinski definition) is 0. The minimum absolute atomic E-state index is 0.526. The first kappa shape index (κ1) is 35.1. The van der Waals surface area contributed by atoms with Gasteiger partial charge in [0.2, 0.25) is 11.8 Å². The zero-order valence-corrected chi connectivity index (χ0v) is 33.7. The molecular formula is C56H34N6O. The van der Waals surface area contributed by atoms with Crippen molar-refractivity contribution in [3.05, 3.63) is 206 Å². The lowest BCUT2D eigenvalue weighted by Gasteiger charge is -2.15. The third kappa shape index (κ3) is 5.46. The number of fused-ring (bicyclic) bond motifs is 9. The third-order valence-electron chi connectivity index (χ3n) is 12.2. The van der Waals surface area contributed by atoms with Crippen molar-refractivity contribution in [2.45, 2.75) is 0 Å². The van der Waals surface area contributed by atoms with Gasteiger partial charge in [-0.1, -0.05) is 164 Å². The van der Waals surface area contributed by atoms with E-state index in [9.17, 15) is 0 Å². The van der Waals surface area contributed by atoms with E-state index >= 15 is 0 Å². The van der Waals surface area contributed by atoms with Crippen LogP contribution in [0.15, 0.2) is 211 Å². The van der Waals surface area contributed by atoms with Crippen LogP contribution in [0.2, 0.25) is 0 Å². The summed E-state index contributed by atoms with van der Waals surface area (Å²) in [6.07, 6.45) is 0. The maximum Gasteiger partial charge on any atom is 0.238 e. The Hall–Kier alpha value is -8.68. The summed E-state index contributed by atoms with van der Waals surface area (Å²) in [7, 11) is 0. The van der Waals surface area contributed by atoms with Crippen LogP contribution in [0.1, 0.15) is 0 Å². The minimum Gasteiger partial charge on any atom is -0.436 e. The summed E-state index contributed by atoms with van der Waals surface area (Å²) in [6, 6.07) is 71.5. The van der Waals surface area contributed by atoms with Crippen molar-refractivity contribution < 1.29 is 4.42 Å². The summed E-state index contributed by atoms with van der Waals surface area (Å²) in [5.41, 5.74) is 11.6. The molecule has 9 aromatic carbocycles. The molecule has 13 rings (SSSR count). The van der Waals surface area contributed by atoms with Gasteiger partial charge in [-0.2, -0.15) is 9.97 Å². The second kappa shape index (κ2) is 13.9. The van der Waals surface area contributed by atoms with Gasteiger partial charge in [-0.15, -0.1) is 0 Å². The Bertz CT molecular complexity index is 3890. The van der Waals surface area contributed by atoms with Gasteiger partial charge in [-0.05, 0) is 64.4 Å². The molecule has 0 fully saturated rings. The van der Waals surface area contributed by atoms with Crippen molar-refractivity contribution >= 4 is 65.5 Å². The van der Waals surface area contributed by atoms with E-state index in [2.05, 4.69) is 167 Å². The lowest BCUT2D eigenvalue weighted by molar-refractivity contribution is 0.619. The molecule has 0 amide bonds. The lowest BCUT2D eigenvalue weighted by atomic mass is 9.95. The summed E-state index contributed by atoms with van der Waals surface area (Å²) < 4.78 is 11.1. The van der Waals surface area contributed by atoms with Crippen LogP contribution in [-0.2, 0) is 0 Å². The van der Waals surface area contributed by atoms with Gasteiger partial charge in [0.1, 0.15) is 5.52 Å². The molecule has 0 spiro atoms. The Kier molecular flexibility index (Phi) is 7.77. The molecule has 0 N–H and O–H groups in total. The Balaban J connectivity index is 1.14. The number of nitrogens with zero attached hydrogens (tertiary/aromatic N) is 6. The SMILES string of the molecule is c1ccc(-c2nc(-c3ccc(-c4ccccc4)c4ccccc34)nc(-n3c4ccccc4c4ccc5c6ccccc6n(-c6ccccc6-c6nc7ccccc7o6)c5c43)n2)cc1. The molecule has 0 aliphatic carbocycles. The van der Waals surface area contributed by atoms with Gasteiger partial charge in [0, 0.05) is 32.7 Å².